The molecule has 0 amide bonds. The number of carbonyl (C=O) groups is 1. The zero-order valence-electron chi connectivity index (χ0n) is 12.3. The van der Waals surface area contributed by atoms with Crippen molar-refractivity contribution in [1.82, 2.24) is 10.1 Å². The smallest absolute Gasteiger partial charge is 0.264 e. The van der Waals surface area contributed by atoms with Gasteiger partial charge >= 0.3 is 0 Å². The molecule has 0 aliphatic rings. The largest absolute Gasteiger partial charge is 0.483 e. The molecule has 0 bridgehead atoms. The van der Waals surface area contributed by atoms with Gasteiger partial charge in [-0.25, -0.2) is 4.39 Å². The number of aromatic nitrogens is 2. The Kier molecular flexibility index (Phi) is 4.14. The van der Waals surface area contributed by atoms with Gasteiger partial charge in [0.1, 0.15) is 11.6 Å². The Bertz CT molecular complexity index is 831. The Labute approximate surface area is 131 Å². The molecule has 0 aliphatic heterocycles. The Morgan fingerprint density at radius 3 is 2.74 bits per heavy atom. The lowest BCUT2D eigenvalue weighted by atomic mass is 10.1. The molecule has 5 nitrogen and oxygen atoms in total. The highest BCUT2D eigenvalue weighted by atomic mass is 19.1. The number of carbonyl (C=O) groups excluding carboxylic acids is 1. The first-order valence-electron chi connectivity index (χ1n) is 6.95. The van der Waals surface area contributed by atoms with Crippen LogP contribution in [0.3, 0.4) is 0 Å². The number of halogens is 1. The number of rotatable bonds is 5. The van der Waals surface area contributed by atoms with Crippen LogP contribution in [-0.2, 0) is 6.61 Å². The van der Waals surface area contributed by atoms with Crippen LogP contribution in [0, 0.1) is 5.82 Å². The second-order valence-electron chi connectivity index (χ2n) is 4.86. The van der Waals surface area contributed by atoms with Crippen molar-refractivity contribution in [1.29, 1.82) is 0 Å². The van der Waals surface area contributed by atoms with Crippen molar-refractivity contribution in [3.63, 3.8) is 0 Å². The summed E-state index contributed by atoms with van der Waals surface area (Å²) in [5, 5.41) is 3.88. The molecule has 0 unspecified atom stereocenters. The van der Waals surface area contributed by atoms with Crippen LogP contribution in [-0.4, -0.2) is 15.9 Å². The molecule has 0 aliphatic carbocycles. The first-order chi connectivity index (χ1) is 11.1. The zero-order valence-corrected chi connectivity index (χ0v) is 12.3. The number of benzene rings is 2. The van der Waals surface area contributed by atoms with Crippen molar-refractivity contribution in [2.45, 2.75) is 13.5 Å². The van der Waals surface area contributed by atoms with Crippen molar-refractivity contribution in [2.75, 3.05) is 0 Å². The minimum Gasteiger partial charge on any atom is -0.483 e. The van der Waals surface area contributed by atoms with Gasteiger partial charge in [0.2, 0.25) is 5.82 Å². The van der Waals surface area contributed by atoms with Crippen LogP contribution in [0.25, 0.3) is 11.4 Å². The summed E-state index contributed by atoms with van der Waals surface area (Å²) in [6, 6.07) is 13.1. The van der Waals surface area contributed by atoms with E-state index in [0.717, 1.165) is 11.6 Å². The number of ether oxygens (including phenoxy) is 1. The molecular formula is C17H13FN2O3. The molecule has 0 N–H and O–H groups in total. The maximum Gasteiger partial charge on any atom is 0.264 e. The summed E-state index contributed by atoms with van der Waals surface area (Å²) < 4.78 is 23.8. The fraction of sp³-hybridized carbons (Fsp3) is 0.118. The molecule has 6 heteroatoms. The van der Waals surface area contributed by atoms with Crippen LogP contribution >= 0.6 is 0 Å². The Morgan fingerprint density at radius 2 is 2.00 bits per heavy atom. The van der Waals surface area contributed by atoms with Gasteiger partial charge in [0.25, 0.3) is 5.89 Å². The minimum atomic E-state index is -0.494. The SMILES string of the molecule is CC(=O)c1cc(F)ccc1OCc1nc(-c2ccccc2)no1. The standard InChI is InChI=1S/C17H13FN2O3/c1-11(21)14-9-13(18)7-8-15(14)22-10-16-19-17(20-23-16)12-5-3-2-4-6-12/h2-9H,10H2,1H3. The van der Waals surface area contributed by atoms with E-state index >= 15 is 0 Å². The molecule has 116 valence electrons. The van der Waals surface area contributed by atoms with Gasteiger partial charge in [-0.1, -0.05) is 35.5 Å². The molecule has 0 fully saturated rings. The molecule has 0 spiro atoms. The van der Waals surface area contributed by atoms with Crippen LogP contribution < -0.4 is 4.74 Å². The molecule has 0 saturated heterocycles. The second-order valence-corrected chi connectivity index (χ2v) is 4.86. The summed E-state index contributed by atoms with van der Waals surface area (Å²) in [6.07, 6.45) is 0. The average molecular weight is 312 g/mol. The number of nitrogens with zero attached hydrogens (tertiary/aromatic N) is 2. The predicted molar refractivity (Wildman–Crippen MR) is 80.5 cm³/mol. The van der Waals surface area contributed by atoms with E-state index in [4.69, 9.17) is 9.26 Å². The van der Waals surface area contributed by atoms with Gasteiger partial charge in [0.15, 0.2) is 12.4 Å². The van der Waals surface area contributed by atoms with E-state index in [1.54, 1.807) is 0 Å². The Morgan fingerprint density at radius 1 is 1.22 bits per heavy atom. The lowest BCUT2D eigenvalue weighted by Gasteiger charge is -2.07. The van der Waals surface area contributed by atoms with E-state index < -0.39 is 5.82 Å². The van der Waals surface area contributed by atoms with Crippen LogP contribution in [0.5, 0.6) is 5.75 Å². The van der Waals surface area contributed by atoms with Crippen molar-refractivity contribution in [2.24, 2.45) is 0 Å². The summed E-state index contributed by atoms with van der Waals surface area (Å²) in [5.41, 5.74) is 1.00. The van der Waals surface area contributed by atoms with E-state index in [9.17, 15) is 9.18 Å². The third-order valence-electron chi connectivity index (χ3n) is 3.17. The molecule has 0 saturated carbocycles. The Balaban J connectivity index is 1.75. The molecule has 3 rings (SSSR count). The molecule has 0 atom stereocenters. The second kappa shape index (κ2) is 6.39. The van der Waals surface area contributed by atoms with Gasteiger partial charge in [-0.05, 0) is 25.1 Å². The average Bonchev–Trinajstić information content (AvgIpc) is 3.03. The van der Waals surface area contributed by atoms with Gasteiger partial charge in [0.05, 0.1) is 5.56 Å². The summed E-state index contributed by atoms with van der Waals surface area (Å²) >= 11 is 0. The molecule has 23 heavy (non-hydrogen) atoms. The van der Waals surface area contributed by atoms with Gasteiger partial charge in [0, 0.05) is 5.56 Å². The molecule has 0 radical (unpaired) electrons. The van der Waals surface area contributed by atoms with Crippen molar-refractivity contribution in [3.8, 4) is 17.1 Å². The summed E-state index contributed by atoms with van der Waals surface area (Å²) in [6.45, 7) is 1.34. The van der Waals surface area contributed by atoms with Crippen LogP contribution in [0.1, 0.15) is 23.2 Å². The molecule has 1 heterocycles. The highest BCUT2D eigenvalue weighted by Crippen LogP contribution is 2.22. The minimum absolute atomic E-state index is 0.00819. The summed E-state index contributed by atoms with van der Waals surface area (Å²) in [4.78, 5) is 15.7. The molecular weight excluding hydrogens is 299 g/mol. The third-order valence-corrected chi connectivity index (χ3v) is 3.17. The lowest BCUT2D eigenvalue weighted by molar-refractivity contribution is 0.101. The van der Waals surface area contributed by atoms with E-state index in [1.807, 2.05) is 30.3 Å². The first kappa shape index (κ1) is 14.9. The zero-order chi connectivity index (χ0) is 16.2. The number of hydrogen-bond donors (Lipinski definition) is 0. The van der Waals surface area contributed by atoms with E-state index in [0.29, 0.717) is 5.82 Å². The van der Waals surface area contributed by atoms with E-state index in [1.165, 1.54) is 19.1 Å². The van der Waals surface area contributed by atoms with E-state index in [2.05, 4.69) is 10.1 Å². The monoisotopic (exact) mass is 312 g/mol. The number of ketones is 1. The van der Waals surface area contributed by atoms with Crippen molar-refractivity contribution < 1.29 is 18.4 Å². The normalized spacial score (nSPS) is 10.5. The number of Topliss-reactive ketones (excluding diaryl/α,β-unsaturated/α-hetero) is 1. The molecule has 1 aromatic heterocycles. The quantitative estimate of drug-likeness (QED) is 0.673. The highest BCUT2D eigenvalue weighted by molar-refractivity contribution is 5.96. The lowest BCUT2D eigenvalue weighted by Crippen LogP contribution is -2.02. The van der Waals surface area contributed by atoms with Crippen LogP contribution in [0.4, 0.5) is 4.39 Å². The maximum atomic E-state index is 13.2. The third kappa shape index (κ3) is 3.42. The van der Waals surface area contributed by atoms with Gasteiger partial charge < -0.3 is 9.26 Å². The fourth-order valence-corrected chi connectivity index (χ4v) is 2.06. The maximum absolute atomic E-state index is 13.2. The summed E-state index contributed by atoms with van der Waals surface area (Å²) in [5.74, 6) is 0.220. The van der Waals surface area contributed by atoms with E-state index in [-0.39, 0.29) is 29.6 Å². The topological polar surface area (TPSA) is 65.2 Å². The van der Waals surface area contributed by atoms with Crippen molar-refractivity contribution >= 4 is 5.78 Å². The highest BCUT2D eigenvalue weighted by Gasteiger charge is 2.13. The van der Waals surface area contributed by atoms with Crippen LogP contribution in [0.2, 0.25) is 0 Å². The summed E-state index contributed by atoms with van der Waals surface area (Å²) in [7, 11) is 0. The molecule has 3 aromatic rings. The molecule has 2 aromatic carbocycles. The van der Waals surface area contributed by atoms with Gasteiger partial charge in [-0.15, -0.1) is 0 Å². The fourth-order valence-electron chi connectivity index (χ4n) is 2.06. The number of hydrogen-bond acceptors (Lipinski definition) is 5. The predicted octanol–water partition coefficient (Wildman–Crippen LogP) is 3.66. The Hall–Kier alpha value is -3.02. The first-order valence-corrected chi connectivity index (χ1v) is 6.95. The van der Waals surface area contributed by atoms with Gasteiger partial charge in [-0.2, -0.15) is 4.98 Å². The van der Waals surface area contributed by atoms with Crippen molar-refractivity contribution in [3.05, 3.63) is 65.8 Å². The van der Waals surface area contributed by atoms with Crippen LogP contribution in [0.15, 0.2) is 53.1 Å². The van der Waals surface area contributed by atoms with Gasteiger partial charge in [-0.3, -0.25) is 4.79 Å².